The number of morpholine rings is 1. The molecule has 0 aromatic carbocycles. The molecule has 1 heterocycles. The number of carbonyl (C=O) groups is 1. The van der Waals surface area contributed by atoms with Gasteiger partial charge in [0.25, 0.3) is 0 Å². The van der Waals surface area contributed by atoms with E-state index in [0.717, 1.165) is 45.6 Å². The van der Waals surface area contributed by atoms with E-state index in [1.807, 2.05) is 0 Å². The lowest BCUT2D eigenvalue weighted by atomic mass is 9.94. The first-order chi connectivity index (χ1) is 9.63. The van der Waals surface area contributed by atoms with Crippen LogP contribution in [0.5, 0.6) is 0 Å². The number of nitrogens with zero attached hydrogens (tertiary/aromatic N) is 1. The molecule has 116 valence electrons. The lowest BCUT2D eigenvalue weighted by Gasteiger charge is -2.36. The molecule has 0 aromatic rings. The van der Waals surface area contributed by atoms with Gasteiger partial charge in [-0.25, -0.2) is 0 Å². The molecular formula is C15H29N3O2. The van der Waals surface area contributed by atoms with Gasteiger partial charge in [-0.1, -0.05) is 6.42 Å². The van der Waals surface area contributed by atoms with Gasteiger partial charge < -0.3 is 15.8 Å². The van der Waals surface area contributed by atoms with Crippen LogP contribution in [-0.4, -0.2) is 55.7 Å². The predicted octanol–water partition coefficient (Wildman–Crippen LogP) is 0.587. The molecule has 0 radical (unpaired) electrons. The van der Waals surface area contributed by atoms with Crippen molar-refractivity contribution in [1.82, 2.24) is 10.2 Å². The zero-order valence-electron chi connectivity index (χ0n) is 12.8. The summed E-state index contributed by atoms with van der Waals surface area (Å²) in [4.78, 5) is 14.8. The Labute approximate surface area is 122 Å². The Kier molecular flexibility index (Phi) is 5.81. The van der Waals surface area contributed by atoms with E-state index in [2.05, 4.69) is 24.1 Å². The summed E-state index contributed by atoms with van der Waals surface area (Å²) in [6.07, 6.45) is 3.22. The van der Waals surface area contributed by atoms with Crippen molar-refractivity contribution in [2.75, 3.05) is 32.8 Å². The summed E-state index contributed by atoms with van der Waals surface area (Å²) < 4.78 is 5.38. The summed E-state index contributed by atoms with van der Waals surface area (Å²) in [7, 11) is 0. The number of nitrogens with one attached hydrogen (secondary N) is 1. The van der Waals surface area contributed by atoms with Gasteiger partial charge >= 0.3 is 0 Å². The highest BCUT2D eigenvalue weighted by Crippen LogP contribution is 2.31. The maximum Gasteiger partial charge on any atom is 0.223 e. The Hall–Kier alpha value is -0.650. The van der Waals surface area contributed by atoms with Gasteiger partial charge in [0, 0.05) is 31.1 Å². The van der Waals surface area contributed by atoms with Gasteiger partial charge in [0.2, 0.25) is 5.91 Å². The average molecular weight is 283 g/mol. The molecule has 1 saturated heterocycles. The minimum absolute atomic E-state index is 0.124. The van der Waals surface area contributed by atoms with Crippen molar-refractivity contribution in [3.63, 3.8) is 0 Å². The second kappa shape index (κ2) is 7.38. The van der Waals surface area contributed by atoms with Crippen LogP contribution in [0.3, 0.4) is 0 Å². The highest BCUT2D eigenvalue weighted by Gasteiger charge is 2.33. The van der Waals surface area contributed by atoms with Crippen LogP contribution >= 0.6 is 0 Å². The van der Waals surface area contributed by atoms with E-state index in [0.29, 0.717) is 18.5 Å². The van der Waals surface area contributed by atoms with Crippen LogP contribution in [0.1, 0.15) is 33.1 Å². The van der Waals surface area contributed by atoms with Gasteiger partial charge in [-0.15, -0.1) is 0 Å². The summed E-state index contributed by atoms with van der Waals surface area (Å²) in [5, 5.41) is 3.21. The molecule has 4 atom stereocenters. The molecule has 3 N–H and O–H groups in total. The molecule has 2 fully saturated rings. The lowest BCUT2D eigenvalue weighted by Crippen LogP contribution is -2.53. The topological polar surface area (TPSA) is 67.6 Å². The summed E-state index contributed by atoms with van der Waals surface area (Å²) >= 11 is 0. The summed E-state index contributed by atoms with van der Waals surface area (Å²) in [6.45, 7) is 8.42. The highest BCUT2D eigenvalue weighted by molar-refractivity contribution is 5.79. The van der Waals surface area contributed by atoms with Crippen molar-refractivity contribution in [3.8, 4) is 0 Å². The first kappa shape index (κ1) is 15.7. The number of hydrogen-bond acceptors (Lipinski definition) is 4. The number of amides is 1. The van der Waals surface area contributed by atoms with E-state index in [4.69, 9.17) is 10.5 Å². The Bertz CT molecular complexity index is 318. The van der Waals surface area contributed by atoms with E-state index in [9.17, 15) is 4.79 Å². The summed E-state index contributed by atoms with van der Waals surface area (Å²) in [5.41, 5.74) is 5.77. The van der Waals surface area contributed by atoms with Gasteiger partial charge in [0.05, 0.1) is 13.2 Å². The molecule has 20 heavy (non-hydrogen) atoms. The summed E-state index contributed by atoms with van der Waals surface area (Å²) in [6, 6.07) is 0.514. The van der Waals surface area contributed by atoms with Crippen LogP contribution in [0.4, 0.5) is 0 Å². The number of ether oxygens (including phenoxy) is 1. The van der Waals surface area contributed by atoms with E-state index in [1.165, 1.54) is 0 Å². The third-order valence-corrected chi connectivity index (χ3v) is 5.01. The Morgan fingerprint density at radius 2 is 2.05 bits per heavy atom. The quantitative estimate of drug-likeness (QED) is 0.775. The van der Waals surface area contributed by atoms with E-state index in [1.54, 1.807) is 0 Å². The van der Waals surface area contributed by atoms with Gasteiger partial charge in [-0.05, 0) is 39.2 Å². The molecule has 5 heteroatoms. The van der Waals surface area contributed by atoms with Crippen molar-refractivity contribution in [1.29, 1.82) is 0 Å². The number of nitrogens with two attached hydrogens (primary N) is 1. The highest BCUT2D eigenvalue weighted by atomic mass is 16.5. The fourth-order valence-electron chi connectivity index (χ4n) is 3.42. The molecule has 0 spiro atoms. The van der Waals surface area contributed by atoms with Crippen molar-refractivity contribution >= 4 is 5.91 Å². The minimum atomic E-state index is 0.124. The van der Waals surface area contributed by atoms with Crippen molar-refractivity contribution in [3.05, 3.63) is 0 Å². The molecule has 1 saturated carbocycles. The average Bonchev–Trinajstić information content (AvgIpc) is 2.95. The molecular weight excluding hydrogens is 254 g/mol. The van der Waals surface area contributed by atoms with Crippen LogP contribution < -0.4 is 11.1 Å². The Morgan fingerprint density at radius 1 is 1.35 bits per heavy atom. The predicted molar refractivity (Wildman–Crippen MR) is 79.3 cm³/mol. The molecule has 0 bridgehead atoms. The van der Waals surface area contributed by atoms with Crippen LogP contribution in [0, 0.1) is 11.8 Å². The maximum atomic E-state index is 12.4. The van der Waals surface area contributed by atoms with Crippen LogP contribution in [0.15, 0.2) is 0 Å². The molecule has 5 nitrogen and oxygen atoms in total. The first-order valence-electron chi connectivity index (χ1n) is 7.95. The first-order valence-corrected chi connectivity index (χ1v) is 7.95. The van der Waals surface area contributed by atoms with Crippen molar-refractivity contribution in [2.24, 2.45) is 17.6 Å². The zero-order chi connectivity index (χ0) is 14.5. The van der Waals surface area contributed by atoms with E-state index < -0.39 is 0 Å². The van der Waals surface area contributed by atoms with Crippen LogP contribution in [0.2, 0.25) is 0 Å². The molecule has 1 amide bonds. The van der Waals surface area contributed by atoms with Gasteiger partial charge in [-0.3, -0.25) is 9.69 Å². The minimum Gasteiger partial charge on any atom is -0.379 e. The molecule has 0 aromatic heterocycles. The SMILES string of the molecule is CC(NC(=O)[C@@H]1CCC[C@@H]1CN)C(C)N1CCOCC1. The standard InChI is InChI=1S/C15H29N3O2/c1-11(12(2)18-6-8-20-9-7-18)17-15(19)14-5-3-4-13(14)10-16/h11-14H,3-10,16H2,1-2H3,(H,17,19)/t11?,12?,13-,14-/m1/s1. The Balaban J connectivity index is 1.83. The maximum absolute atomic E-state index is 12.4. The second-order valence-corrected chi connectivity index (χ2v) is 6.22. The van der Waals surface area contributed by atoms with Crippen molar-refractivity contribution in [2.45, 2.75) is 45.2 Å². The zero-order valence-corrected chi connectivity index (χ0v) is 12.8. The van der Waals surface area contributed by atoms with Crippen LogP contribution in [0.25, 0.3) is 0 Å². The lowest BCUT2D eigenvalue weighted by molar-refractivity contribution is -0.127. The monoisotopic (exact) mass is 283 g/mol. The number of carbonyl (C=O) groups excluding carboxylic acids is 1. The summed E-state index contributed by atoms with van der Waals surface area (Å²) in [5.74, 6) is 0.700. The molecule has 2 unspecified atom stereocenters. The number of rotatable bonds is 5. The molecule has 1 aliphatic heterocycles. The molecule has 1 aliphatic carbocycles. The van der Waals surface area contributed by atoms with Crippen molar-refractivity contribution < 1.29 is 9.53 Å². The Morgan fingerprint density at radius 3 is 2.70 bits per heavy atom. The normalized spacial score (nSPS) is 30.9. The van der Waals surface area contributed by atoms with E-state index >= 15 is 0 Å². The molecule has 2 rings (SSSR count). The largest absolute Gasteiger partial charge is 0.379 e. The van der Waals surface area contributed by atoms with Crippen LogP contribution in [-0.2, 0) is 9.53 Å². The third kappa shape index (κ3) is 3.71. The fourth-order valence-corrected chi connectivity index (χ4v) is 3.42. The smallest absolute Gasteiger partial charge is 0.223 e. The molecule has 2 aliphatic rings. The van der Waals surface area contributed by atoms with Gasteiger partial charge in [0.1, 0.15) is 0 Å². The second-order valence-electron chi connectivity index (χ2n) is 6.22. The van der Waals surface area contributed by atoms with Gasteiger partial charge in [-0.2, -0.15) is 0 Å². The fraction of sp³-hybridized carbons (Fsp3) is 0.933. The van der Waals surface area contributed by atoms with E-state index in [-0.39, 0.29) is 17.9 Å². The third-order valence-electron chi connectivity index (χ3n) is 5.01. The van der Waals surface area contributed by atoms with Gasteiger partial charge in [0.15, 0.2) is 0 Å². The number of hydrogen-bond donors (Lipinski definition) is 2.